The van der Waals surface area contributed by atoms with Crippen molar-refractivity contribution >= 4 is 55.7 Å². The third kappa shape index (κ3) is 4.71. The largest absolute Gasteiger partial charge is 0.308 e. The van der Waals surface area contributed by atoms with Gasteiger partial charge in [0, 0.05) is 22.2 Å². The standard InChI is InChI=1S/C47H36N2/c1-47(2)41-26-13-14-27-43(41)49(44-30-29-35(32-42(44)47)39-25-15-18-33-16-9-11-23-38(33)39)46-40-24-12-10-17-34(40)28-31-45(46)48(36-19-5-3-6-20-36)37-21-7-4-8-22-37/h3-32H,1-2H3. The van der Waals surface area contributed by atoms with E-state index in [9.17, 15) is 0 Å². The SMILES string of the molecule is CC1(C)c2ccccc2N(c2c(N(c3ccccc3)c3ccccc3)ccc3ccccc23)c2ccc(-c3cccc4ccccc34)cc21. The first-order valence-corrected chi connectivity index (χ1v) is 17.0. The van der Waals surface area contributed by atoms with Gasteiger partial charge in [-0.3, -0.25) is 0 Å². The lowest BCUT2D eigenvalue weighted by Crippen LogP contribution is -2.31. The Balaban J connectivity index is 1.36. The Labute approximate surface area is 288 Å². The first kappa shape index (κ1) is 29.1. The predicted molar refractivity (Wildman–Crippen MR) is 208 cm³/mol. The molecule has 0 bridgehead atoms. The second kappa shape index (κ2) is 11.5. The van der Waals surface area contributed by atoms with Crippen molar-refractivity contribution in [3.63, 3.8) is 0 Å². The number of para-hydroxylation sites is 3. The van der Waals surface area contributed by atoms with Crippen LogP contribution in [0.5, 0.6) is 0 Å². The highest BCUT2D eigenvalue weighted by Crippen LogP contribution is 2.56. The van der Waals surface area contributed by atoms with E-state index < -0.39 is 0 Å². The molecule has 1 heterocycles. The maximum absolute atomic E-state index is 2.53. The minimum Gasteiger partial charge on any atom is -0.308 e. The van der Waals surface area contributed by atoms with E-state index in [1.807, 2.05) is 0 Å². The molecule has 234 valence electrons. The molecule has 0 saturated heterocycles. The smallest absolute Gasteiger partial charge is 0.0781 e. The molecule has 0 atom stereocenters. The topological polar surface area (TPSA) is 6.48 Å². The quantitative estimate of drug-likeness (QED) is 0.187. The van der Waals surface area contributed by atoms with Crippen LogP contribution in [0.4, 0.5) is 34.1 Å². The molecule has 8 aromatic carbocycles. The summed E-state index contributed by atoms with van der Waals surface area (Å²) in [6.45, 7) is 4.75. The molecule has 1 aliphatic heterocycles. The summed E-state index contributed by atoms with van der Waals surface area (Å²) in [6, 6.07) is 66.2. The van der Waals surface area contributed by atoms with E-state index >= 15 is 0 Å². The van der Waals surface area contributed by atoms with Crippen LogP contribution in [-0.2, 0) is 5.41 Å². The van der Waals surface area contributed by atoms with Gasteiger partial charge in [-0.1, -0.05) is 147 Å². The Hall–Kier alpha value is -6.12. The molecular formula is C47H36N2. The number of nitrogens with zero attached hydrogens (tertiary/aromatic N) is 2. The Morgan fingerprint density at radius 1 is 0.449 bits per heavy atom. The molecule has 9 rings (SSSR count). The highest BCUT2D eigenvalue weighted by atomic mass is 15.2. The van der Waals surface area contributed by atoms with Gasteiger partial charge in [0.2, 0.25) is 0 Å². The second-order valence-electron chi connectivity index (χ2n) is 13.4. The molecular weight excluding hydrogens is 593 g/mol. The van der Waals surface area contributed by atoms with E-state index in [1.54, 1.807) is 0 Å². The molecule has 0 N–H and O–H groups in total. The Morgan fingerprint density at radius 2 is 1.02 bits per heavy atom. The minimum atomic E-state index is -0.230. The van der Waals surface area contributed by atoms with Crippen molar-refractivity contribution in [3.8, 4) is 11.1 Å². The molecule has 0 fully saturated rings. The normalized spacial score (nSPS) is 13.2. The molecule has 2 nitrogen and oxygen atoms in total. The molecule has 1 aliphatic rings. The Bertz CT molecular complexity index is 2430. The summed E-state index contributed by atoms with van der Waals surface area (Å²) in [7, 11) is 0. The summed E-state index contributed by atoms with van der Waals surface area (Å²) in [6.07, 6.45) is 0. The third-order valence-corrected chi connectivity index (χ3v) is 10.2. The van der Waals surface area contributed by atoms with E-state index in [1.165, 1.54) is 55.2 Å². The fourth-order valence-corrected chi connectivity index (χ4v) is 7.83. The molecule has 2 heteroatoms. The van der Waals surface area contributed by atoms with Gasteiger partial charge in [-0.25, -0.2) is 0 Å². The average molecular weight is 629 g/mol. The van der Waals surface area contributed by atoms with Crippen molar-refractivity contribution in [1.29, 1.82) is 0 Å². The number of rotatable bonds is 5. The zero-order valence-corrected chi connectivity index (χ0v) is 27.7. The highest BCUT2D eigenvalue weighted by molar-refractivity contribution is 6.09. The molecule has 0 spiro atoms. The molecule has 0 aliphatic carbocycles. The summed E-state index contributed by atoms with van der Waals surface area (Å²) >= 11 is 0. The summed E-state index contributed by atoms with van der Waals surface area (Å²) in [5, 5.41) is 4.94. The van der Waals surface area contributed by atoms with Crippen molar-refractivity contribution in [1.82, 2.24) is 0 Å². The van der Waals surface area contributed by atoms with Gasteiger partial charge < -0.3 is 9.80 Å². The van der Waals surface area contributed by atoms with Crippen LogP contribution in [-0.4, -0.2) is 0 Å². The molecule has 0 amide bonds. The monoisotopic (exact) mass is 628 g/mol. The number of hydrogen-bond donors (Lipinski definition) is 0. The summed E-state index contributed by atoms with van der Waals surface area (Å²) in [5.41, 5.74) is 11.8. The molecule has 0 unspecified atom stereocenters. The van der Waals surface area contributed by atoms with Crippen LogP contribution in [0.15, 0.2) is 182 Å². The number of anilines is 6. The van der Waals surface area contributed by atoms with E-state index in [0.717, 1.165) is 22.7 Å². The predicted octanol–water partition coefficient (Wildman–Crippen LogP) is 13.2. The summed E-state index contributed by atoms with van der Waals surface area (Å²) in [4.78, 5) is 4.92. The molecule has 0 aromatic heterocycles. The van der Waals surface area contributed by atoms with Gasteiger partial charge >= 0.3 is 0 Å². The average Bonchev–Trinajstić information content (AvgIpc) is 3.16. The first-order valence-electron chi connectivity index (χ1n) is 17.0. The van der Waals surface area contributed by atoms with Crippen molar-refractivity contribution < 1.29 is 0 Å². The van der Waals surface area contributed by atoms with Crippen molar-refractivity contribution in [2.24, 2.45) is 0 Å². The fourth-order valence-electron chi connectivity index (χ4n) is 7.83. The van der Waals surface area contributed by atoms with Gasteiger partial charge in [0.05, 0.1) is 22.7 Å². The van der Waals surface area contributed by atoms with Gasteiger partial charge in [-0.15, -0.1) is 0 Å². The van der Waals surface area contributed by atoms with Crippen molar-refractivity contribution in [2.45, 2.75) is 19.3 Å². The van der Waals surface area contributed by atoms with E-state index in [-0.39, 0.29) is 5.41 Å². The van der Waals surface area contributed by atoms with Crippen LogP contribution in [0.1, 0.15) is 25.0 Å². The first-order chi connectivity index (χ1) is 24.1. The summed E-state index contributed by atoms with van der Waals surface area (Å²) in [5.74, 6) is 0. The number of benzene rings is 8. The van der Waals surface area contributed by atoms with Crippen LogP contribution in [0.3, 0.4) is 0 Å². The molecule has 0 saturated carbocycles. The van der Waals surface area contributed by atoms with Crippen LogP contribution in [0, 0.1) is 0 Å². The minimum absolute atomic E-state index is 0.230. The van der Waals surface area contributed by atoms with E-state index in [2.05, 4.69) is 206 Å². The fraction of sp³-hybridized carbons (Fsp3) is 0.0638. The van der Waals surface area contributed by atoms with Gasteiger partial charge in [0.1, 0.15) is 0 Å². The van der Waals surface area contributed by atoms with Gasteiger partial charge in [0.15, 0.2) is 0 Å². The zero-order valence-electron chi connectivity index (χ0n) is 27.7. The maximum atomic E-state index is 2.53. The van der Waals surface area contributed by atoms with Crippen molar-refractivity contribution in [2.75, 3.05) is 9.80 Å². The lowest BCUT2D eigenvalue weighted by atomic mass is 9.72. The Morgan fingerprint density at radius 3 is 1.76 bits per heavy atom. The molecule has 49 heavy (non-hydrogen) atoms. The van der Waals surface area contributed by atoms with Gasteiger partial charge in [-0.05, 0) is 86.9 Å². The maximum Gasteiger partial charge on any atom is 0.0781 e. The van der Waals surface area contributed by atoms with Gasteiger partial charge in [0.25, 0.3) is 0 Å². The second-order valence-corrected chi connectivity index (χ2v) is 13.4. The highest BCUT2D eigenvalue weighted by Gasteiger charge is 2.38. The van der Waals surface area contributed by atoms with Crippen molar-refractivity contribution in [3.05, 3.63) is 193 Å². The zero-order chi connectivity index (χ0) is 33.0. The van der Waals surface area contributed by atoms with Gasteiger partial charge in [-0.2, -0.15) is 0 Å². The lowest BCUT2D eigenvalue weighted by molar-refractivity contribution is 0.632. The Kier molecular flexibility index (Phi) is 6.84. The lowest BCUT2D eigenvalue weighted by Gasteiger charge is -2.44. The number of hydrogen-bond acceptors (Lipinski definition) is 2. The summed E-state index contributed by atoms with van der Waals surface area (Å²) < 4.78 is 0. The molecule has 8 aromatic rings. The third-order valence-electron chi connectivity index (χ3n) is 10.2. The molecule has 0 radical (unpaired) electrons. The van der Waals surface area contributed by atoms with Crippen LogP contribution in [0.2, 0.25) is 0 Å². The van der Waals surface area contributed by atoms with Crippen LogP contribution < -0.4 is 9.80 Å². The number of fused-ring (bicyclic) bond motifs is 4. The van der Waals surface area contributed by atoms with Crippen LogP contribution in [0.25, 0.3) is 32.7 Å². The van der Waals surface area contributed by atoms with E-state index in [0.29, 0.717) is 0 Å². The van der Waals surface area contributed by atoms with Crippen LogP contribution >= 0.6 is 0 Å². The van der Waals surface area contributed by atoms with E-state index in [4.69, 9.17) is 0 Å².